The number of hydrogen-bond donors (Lipinski definition) is 0. The van der Waals surface area contributed by atoms with Crippen LogP contribution in [0.15, 0.2) is 42.0 Å². The molecule has 0 N–H and O–H groups in total. The number of rotatable bonds is 6. The molecule has 0 saturated heterocycles. The lowest BCUT2D eigenvalue weighted by Crippen LogP contribution is -1.99. The molecule has 0 aliphatic heterocycles. The minimum Gasteiger partial charge on any atom is -0.289 e. The molecule has 1 heteroatoms. The summed E-state index contributed by atoms with van der Waals surface area (Å²) < 4.78 is 0. The first-order valence-electron chi connectivity index (χ1n) is 6.02. The van der Waals surface area contributed by atoms with Crippen molar-refractivity contribution in [1.82, 2.24) is 0 Å². The Labute approximate surface area is 98.2 Å². The van der Waals surface area contributed by atoms with Gasteiger partial charge in [-0.1, -0.05) is 56.2 Å². The summed E-state index contributed by atoms with van der Waals surface area (Å²) in [7, 11) is 0. The zero-order valence-corrected chi connectivity index (χ0v) is 10.2. The van der Waals surface area contributed by atoms with Crippen molar-refractivity contribution in [3.05, 3.63) is 47.5 Å². The average Bonchev–Trinajstić information content (AvgIpc) is 2.34. The van der Waals surface area contributed by atoms with Gasteiger partial charge in [-0.05, 0) is 25.3 Å². The molecule has 1 aromatic carbocycles. The average molecular weight is 216 g/mol. The molecule has 0 unspecified atom stereocenters. The molecular weight excluding hydrogens is 196 g/mol. The van der Waals surface area contributed by atoms with Gasteiger partial charge in [-0.25, -0.2) is 0 Å². The lowest BCUT2D eigenvalue weighted by molar-refractivity contribution is 0.103. The Balaban J connectivity index is 2.54. The summed E-state index contributed by atoms with van der Waals surface area (Å²) in [4.78, 5) is 11.9. The predicted molar refractivity (Wildman–Crippen MR) is 68.7 cm³/mol. The number of allylic oxidation sites excluding steroid dienone is 2. The van der Waals surface area contributed by atoms with Crippen LogP contribution < -0.4 is 0 Å². The molecule has 0 aromatic heterocycles. The molecule has 0 spiro atoms. The second-order valence-corrected chi connectivity index (χ2v) is 4.08. The number of hydrogen-bond acceptors (Lipinski definition) is 1. The van der Waals surface area contributed by atoms with Crippen molar-refractivity contribution in [3.63, 3.8) is 0 Å². The maximum Gasteiger partial charge on any atom is 0.188 e. The number of unbranched alkanes of at least 4 members (excludes halogenated alkanes) is 3. The molecule has 0 aliphatic rings. The van der Waals surface area contributed by atoms with Crippen molar-refractivity contribution in [2.24, 2.45) is 0 Å². The first-order chi connectivity index (χ1) is 7.75. The van der Waals surface area contributed by atoms with Gasteiger partial charge in [0.1, 0.15) is 0 Å². The Morgan fingerprint density at radius 3 is 2.50 bits per heavy atom. The second-order valence-electron chi connectivity index (χ2n) is 4.08. The van der Waals surface area contributed by atoms with Crippen molar-refractivity contribution in [2.45, 2.75) is 39.5 Å². The maximum atomic E-state index is 11.9. The molecule has 0 atom stereocenters. The van der Waals surface area contributed by atoms with Gasteiger partial charge in [0, 0.05) is 5.56 Å². The molecule has 1 nitrogen and oxygen atoms in total. The Morgan fingerprint density at radius 1 is 1.19 bits per heavy atom. The number of ketones is 1. The zero-order chi connectivity index (χ0) is 11.8. The second kappa shape index (κ2) is 7.00. The smallest absolute Gasteiger partial charge is 0.188 e. The topological polar surface area (TPSA) is 17.1 Å². The number of Topliss-reactive ketones (excluding diaryl/α,β-unsaturated/α-hetero) is 1. The number of carbonyl (C=O) groups excluding carboxylic acids is 1. The number of carbonyl (C=O) groups is 1. The predicted octanol–water partition coefficient (Wildman–Crippen LogP) is 4.40. The molecule has 0 amide bonds. The summed E-state index contributed by atoms with van der Waals surface area (Å²) in [6, 6.07) is 9.46. The highest BCUT2D eigenvalue weighted by Gasteiger charge is 2.05. The molecular formula is C15H20O. The van der Waals surface area contributed by atoms with Crippen LogP contribution in [0.25, 0.3) is 0 Å². The van der Waals surface area contributed by atoms with Crippen molar-refractivity contribution in [1.29, 1.82) is 0 Å². The fourth-order valence-electron chi connectivity index (χ4n) is 1.62. The number of benzene rings is 1. The van der Waals surface area contributed by atoms with Gasteiger partial charge in [-0.2, -0.15) is 0 Å². The Kier molecular flexibility index (Phi) is 5.55. The van der Waals surface area contributed by atoms with Gasteiger partial charge in [0.25, 0.3) is 0 Å². The first kappa shape index (κ1) is 12.7. The van der Waals surface area contributed by atoms with E-state index in [2.05, 4.69) is 13.0 Å². The van der Waals surface area contributed by atoms with E-state index in [4.69, 9.17) is 0 Å². The molecule has 0 saturated carbocycles. The molecule has 16 heavy (non-hydrogen) atoms. The quantitative estimate of drug-likeness (QED) is 0.391. The highest BCUT2D eigenvalue weighted by atomic mass is 16.1. The zero-order valence-electron chi connectivity index (χ0n) is 10.2. The molecule has 1 rings (SSSR count). The monoisotopic (exact) mass is 216 g/mol. The summed E-state index contributed by atoms with van der Waals surface area (Å²) in [5.41, 5.74) is 1.65. The van der Waals surface area contributed by atoms with E-state index in [0.29, 0.717) is 0 Å². The van der Waals surface area contributed by atoms with Crippen LogP contribution in [0.3, 0.4) is 0 Å². The van der Waals surface area contributed by atoms with Crippen LogP contribution in [0, 0.1) is 0 Å². The van der Waals surface area contributed by atoms with Crippen LogP contribution in [0.4, 0.5) is 0 Å². The lowest BCUT2D eigenvalue weighted by atomic mass is 10.0. The van der Waals surface area contributed by atoms with Gasteiger partial charge in [0.15, 0.2) is 5.78 Å². The van der Waals surface area contributed by atoms with E-state index >= 15 is 0 Å². The molecule has 1 aromatic rings. The van der Waals surface area contributed by atoms with Crippen LogP contribution in [-0.4, -0.2) is 5.78 Å². The van der Waals surface area contributed by atoms with Crippen molar-refractivity contribution in [2.75, 3.05) is 0 Å². The molecule has 0 fully saturated rings. The Bertz CT molecular complexity index is 349. The van der Waals surface area contributed by atoms with Gasteiger partial charge in [0.2, 0.25) is 0 Å². The minimum atomic E-state index is 0.150. The highest BCUT2D eigenvalue weighted by Crippen LogP contribution is 2.10. The molecule has 0 bridgehead atoms. The van der Waals surface area contributed by atoms with Crippen LogP contribution in [0.2, 0.25) is 0 Å². The van der Waals surface area contributed by atoms with E-state index in [1.807, 2.05) is 37.3 Å². The first-order valence-corrected chi connectivity index (χ1v) is 6.02. The lowest BCUT2D eigenvalue weighted by Gasteiger charge is -2.01. The summed E-state index contributed by atoms with van der Waals surface area (Å²) in [5.74, 6) is 0.150. The van der Waals surface area contributed by atoms with Crippen LogP contribution in [-0.2, 0) is 0 Å². The normalized spacial score (nSPS) is 11.5. The molecule has 0 radical (unpaired) electrons. The SMILES string of the molecule is CCCCC/C=C(\C)C(=O)c1ccccc1. The fourth-order valence-corrected chi connectivity index (χ4v) is 1.62. The van der Waals surface area contributed by atoms with E-state index in [1.165, 1.54) is 19.3 Å². The van der Waals surface area contributed by atoms with Gasteiger partial charge < -0.3 is 0 Å². The summed E-state index contributed by atoms with van der Waals surface area (Å²) in [6.45, 7) is 4.09. The summed E-state index contributed by atoms with van der Waals surface area (Å²) in [6.07, 6.45) is 6.71. The Morgan fingerprint density at radius 2 is 1.88 bits per heavy atom. The van der Waals surface area contributed by atoms with E-state index < -0.39 is 0 Å². The van der Waals surface area contributed by atoms with E-state index in [1.54, 1.807) is 0 Å². The van der Waals surface area contributed by atoms with Gasteiger partial charge in [-0.3, -0.25) is 4.79 Å². The maximum absolute atomic E-state index is 11.9. The van der Waals surface area contributed by atoms with E-state index in [0.717, 1.165) is 17.6 Å². The third-order valence-electron chi connectivity index (χ3n) is 2.65. The highest BCUT2D eigenvalue weighted by molar-refractivity contribution is 6.08. The standard InChI is InChI=1S/C15H20O/c1-3-4-5-7-10-13(2)15(16)14-11-8-6-9-12-14/h6,8-12H,3-5,7H2,1-2H3/b13-10+. The van der Waals surface area contributed by atoms with E-state index in [9.17, 15) is 4.79 Å². The van der Waals surface area contributed by atoms with Gasteiger partial charge >= 0.3 is 0 Å². The summed E-state index contributed by atoms with van der Waals surface area (Å²) in [5, 5.41) is 0. The van der Waals surface area contributed by atoms with Crippen LogP contribution in [0.5, 0.6) is 0 Å². The van der Waals surface area contributed by atoms with Gasteiger partial charge in [0.05, 0.1) is 0 Å². The van der Waals surface area contributed by atoms with Gasteiger partial charge in [-0.15, -0.1) is 0 Å². The third-order valence-corrected chi connectivity index (χ3v) is 2.65. The van der Waals surface area contributed by atoms with Crippen molar-refractivity contribution in [3.8, 4) is 0 Å². The Hall–Kier alpha value is -1.37. The largest absolute Gasteiger partial charge is 0.289 e. The minimum absolute atomic E-state index is 0.150. The third kappa shape index (κ3) is 4.01. The van der Waals surface area contributed by atoms with E-state index in [-0.39, 0.29) is 5.78 Å². The van der Waals surface area contributed by atoms with Crippen LogP contribution >= 0.6 is 0 Å². The molecule has 86 valence electrons. The van der Waals surface area contributed by atoms with Crippen LogP contribution in [0.1, 0.15) is 49.9 Å². The van der Waals surface area contributed by atoms with Crippen molar-refractivity contribution >= 4 is 5.78 Å². The fraction of sp³-hybridized carbons (Fsp3) is 0.400. The summed E-state index contributed by atoms with van der Waals surface area (Å²) >= 11 is 0. The molecule has 0 heterocycles. The van der Waals surface area contributed by atoms with Crippen molar-refractivity contribution < 1.29 is 4.79 Å². The molecule has 0 aliphatic carbocycles.